The van der Waals surface area contributed by atoms with Gasteiger partial charge in [-0.25, -0.2) is 8.42 Å². The maximum atomic E-state index is 12.4. The highest BCUT2D eigenvalue weighted by atomic mass is 32.2. The van der Waals surface area contributed by atoms with E-state index in [2.05, 4.69) is 4.90 Å². The van der Waals surface area contributed by atoms with E-state index in [1.807, 2.05) is 6.07 Å². The number of nitrogens with zero attached hydrogens (tertiary/aromatic N) is 1. The van der Waals surface area contributed by atoms with Gasteiger partial charge in [-0.3, -0.25) is 0 Å². The van der Waals surface area contributed by atoms with Crippen LogP contribution in [0, 0.1) is 5.92 Å². The van der Waals surface area contributed by atoms with Crippen molar-refractivity contribution in [3.8, 4) is 0 Å². The van der Waals surface area contributed by atoms with Crippen LogP contribution in [0.5, 0.6) is 0 Å². The maximum absolute atomic E-state index is 12.4. The van der Waals surface area contributed by atoms with Gasteiger partial charge in [-0.1, -0.05) is 24.6 Å². The highest BCUT2D eigenvalue weighted by molar-refractivity contribution is 7.92. The number of likely N-dealkylation sites (tertiary alicyclic amines) is 1. The van der Waals surface area contributed by atoms with E-state index in [0.717, 1.165) is 19.4 Å². The lowest BCUT2D eigenvalue weighted by molar-refractivity contribution is 0.223. The fourth-order valence-corrected chi connectivity index (χ4v) is 5.25. The molecule has 0 radical (unpaired) electrons. The second-order valence-electron chi connectivity index (χ2n) is 6.08. The van der Waals surface area contributed by atoms with E-state index in [0.29, 0.717) is 10.8 Å². The normalized spacial score (nSPS) is 27.4. The number of hydrogen-bond donors (Lipinski definition) is 0. The zero-order valence-electron chi connectivity index (χ0n) is 11.9. The molecular formula is C16H23NO2S. The van der Waals surface area contributed by atoms with Gasteiger partial charge in [0, 0.05) is 0 Å². The highest BCUT2D eigenvalue weighted by Gasteiger charge is 2.47. The molecule has 1 saturated carbocycles. The summed E-state index contributed by atoms with van der Waals surface area (Å²) in [4.78, 5) is 2.99. The van der Waals surface area contributed by atoms with Crippen LogP contribution >= 0.6 is 0 Å². The minimum absolute atomic E-state index is 0.130. The zero-order chi connectivity index (χ0) is 14.0. The fourth-order valence-electron chi connectivity index (χ4n) is 3.22. The van der Waals surface area contributed by atoms with Gasteiger partial charge in [0.25, 0.3) is 0 Å². The van der Waals surface area contributed by atoms with Crippen molar-refractivity contribution in [3.63, 3.8) is 0 Å². The topological polar surface area (TPSA) is 37.4 Å². The van der Waals surface area contributed by atoms with Crippen LogP contribution in [-0.2, 0) is 9.84 Å². The van der Waals surface area contributed by atoms with Gasteiger partial charge in [-0.15, -0.1) is 0 Å². The van der Waals surface area contributed by atoms with Gasteiger partial charge in [0.1, 0.15) is 0 Å². The number of rotatable bonds is 5. The third-order valence-electron chi connectivity index (χ3n) is 4.59. The molecular weight excluding hydrogens is 270 g/mol. The van der Waals surface area contributed by atoms with E-state index >= 15 is 0 Å². The average molecular weight is 293 g/mol. The molecule has 0 N–H and O–H groups in total. The van der Waals surface area contributed by atoms with Gasteiger partial charge in [0.05, 0.1) is 10.1 Å². The summed E-state index contributed by atoms with van der Waals surface area (Å²) in [6.45, 7) is 3.47. The van der Waals surface area contributed by atoms with Crippen molar-refractivity contribution in [1.82, 2.24) is 4.90 Å². The van der Waals surface area contributed by atoms with Crippen LogP contribution in [0.25, 0.3) is 0 Å². The van der Waals surface area contributed by atoms with Gasteiger partial charge in [0.15, 0.2) is 9.84 Å². The summed E-state index contributed by atoms with van der Waals surface area (Å²) in [5.74, 6) is 0.377. The molecule has 20 heavy (non-hydrogen) atoms. The van der Waals surface area contributed by atoms with Gasteiger partial charge < -0.3 is 4.90 Å². The van der Waals surface area contributed by atoms with Crippen LogP contribution < -0.4 is 0 Å². The van der Waals surface area contributed by atoms with Crippen LogP contribution in [0.1, 0.15) is 32.1 Å². The second-order valence-corrected chi connectivity index (χ2v) is 8.25. The van der Waals surface area contributed by atoms with Crippen LogP contribution in [0.3, 0.4) is 0 Å². The SMILES string of the molecule is O=S(=O)(c1ccccc1)C1C[C@H]1CCN1CCCCC1. The van der Waals surface area contributed by atoms with Crippen molar-refractivity contribution in [2.45, 2.75) is 42.2 Å². The van der Waals surface area contributed by atoms with Crippen molar-refractivity contribution < 1.29 is 8.42 Å². The Labute approximate surface area is 121 Å². The molecule has 1 heterocycles. The molecule has 2 aliphatic rings. The Hall–Kier alpha value is -0.870. The van der Waals surface area contributed by atoms with Gasteiger partial charge >= 0.3 is 0 Å². The Morgan fingerprint density at radius 3 is 2.45 bits per heavy atom. The second kappa shape index (κ2) is 5.86. The average Bonchev–Trinajstić information content (AvgIpc) is 3.28. The molecule has 0 aromatic heterocycles. The summed E-state index contributed by atoms with van der Waals surface area (Å²) in [5.41, 5.74) is 0. The smallest absolute Gasteiger partial charge is 0.181 e. The number of sulfone groups is 1. The Morgan fingerprint density at radius 1 is 1.05 bits per heavy atom. The minimum Gasteiger partial charge on any atom is -0.303 e. The van der Waals surface area contributed by atoms with E-state index < -0.39 is 9.84 Å². The van der Waals surface area contributed by atoms with Gasteiger partial charge in [-0.05, 0) is 63.4 Å². The first-order valence-corrected chi connectivity index (χ1v) is 9.24. The number of hydrogen-bond acceptors (Lipinski definition) is 3. The van der Waals surface area contributed by atoms with Crippen molar-refractivity contribution in [2.75, 3.05) is 19.6 Å². The van der Waals surface area contributed by atoms with E-state index in [-0.39, 0.29) is 5.25 Å². The maximum Gasteiger partial charge on any atom is 0.181 e. The quantitative estimate of drug-likeness (QED) is 0.837. The fraction of sp³-hybridized carbons (Fsp3) is 0.625. The summed E-state index contributed by atoms with van der Waals surface area (Å²) < 4.78 is 24.9. The molecule has 1 aromatic rings. The molecule has 2 fully saturated rings. The summed E-state index contributed by atoms with van der Waals surface area (Å²) in [6, 6.07) is 8.90. The number of benzene rings is 1. The van der Waals surface area contributed by atoms with E-state index in [9.17, 15) is 8.42 Å². The molecule has 0 bridgehead atoms. The van der Waals surface area contributed by atoms with Crippen LogP contribution in [0.2, 0.25) is 0 Å². The molecule has 1 aliphatic heterocycles. The Bertz CT molecular complexity index is 535. The first-order chi connectivity index (χ1) is 9.68. The Morgan fingerprint density at radius 2 is 1.75 bits per heavy atom. The highest BCUT2D eigenvalue weighted by Crippen LogP contribution is 2.42. The first-order valence-electron chi connectivity index (χ1n) is 7.69. The van der Waals surface area contributed by atoms with Gasteiger partial charge in [-0.2, -0.15) is 0 Å². The minimum atomic E-state index is -3.09. The third-order valence-corrected chi connectivity index (χ3v) is 6.90. The Balaban J connectivity index is 1.53. The standard InChI is InChI=1S/C16H23NO2S/c18-20(19,15-7-3-1-4-8-15)16-13-14(16)9-12-17-10-5-2-6-11-17/h1,3-4,7-8,14,16H,2,5-6,9-13H2/t14-,16?/m1/s1. The molecule has 4 heteroatoms. The van der Waals surface area contributed by atoms with E-state index in [1.165, 1.54) is 32.4 Å². The van der Waals surface area contributed by atoms with Crippen LogP contribution in [0.4, 0.5) is 0 Å². The largest absolute Gasteiger partial charge is 0.303 e. The lowest BCUT2D eigenvalue weighted by Crippen LogP contribution is -2.31. The summed E-state index contributed by atoms with van der Waals surface area (Å²) in [6.07, 6.45) is 5.85. The molecule has 1 aliphatic carbocycles. The lowest BCUT2D eigenvalue weighted by atomic mass is 10.1. The molecule has 1 unspecified atom stereocenters. The predicted molar refractivity (Wildman–Crippen MR) is 80.4 cm³/mol. The van der Waals surface area contributed by atoms with E-state index in [1.54, 1.807) is 24.3 Å². The summed E-state index contributed by atoms with van der Waals surface area (Å²) >= 11 is 0. The van der Waals surface area contributed by atoms with Crippen LogP contribution in [-0.4, -0.2) is 38.2 Å². The first kappa shape index (κ1) is 14.1. The van der Waals surface area contributed by atoms with Crippen molar-refractivity contribution >= 4 is 9.84 Å². The molecule has 3 rings (SSSR count). The summed E-state index contributed by atoms with van der Waals surface area (Å²) in [5, 5.41) is -0.130. The molecule has 110 valence electrons. The summed E-state index contributed by atoms with van der Waals surface area (Å²) in [7, 11) is -3.09. The Kier molecular flexibility index (Phi) is 4.13. The molecule has 3 nitrogen and oxygen atoms in total. The monoisotopic (exact) mass is 293 g/mol. The third kappa shape index (κ3) is 3.07. The van der Waals surface area contributed by atoms with E-state index in [4.69, 9.17) is 0 Å². The van der Waals surface area contributed by atoms with Crippen molar-refractivity contribution in [2.24, 2.45) is 5.92 Å². The molecule has 1 saturated heterocycles. The van der Waals surface area contributed by atoms with Gasteiger partial charge in [0.2, 0.25) is 0 Å². The number of piperidine rings is 1. The van der Waals surface area contributed by atoms with Crippen molar-refractivity contribution in [1.29, 1.82) is 0 Å². The molecule has 1 aromatic carbocycles. The molecule has 2 atom stereocenters. The molecule has 0 spiro atoms. The van der Waals surface area contributed by atoms with Crippen LogP contribution in [0.15, 0.2) is 35.2 Å². The predicted octanol–water partition coefficient (Wildman–Crippen LogP) is 2.72. The van der Waals surface area contributed by atoms with Crippen molar-refractivity contribution in [3.05, 3.63) is 30.3 Å². The lowest BCUT2D eigenvalue weighted by Gasteiger charge is -2.26. The molecule has 0 amide bonds. The zero-order valence-corrected chi connectivity index (χ0v) is 12.7.